The van der Waals surface area contributed by atoms with Crippen LogP contribution in [0.1, 0.15) is 38.5 Å². The van der Waals surface area contributed by atoms with Crippen LogP contribution in [0, 0.1) is 5.92 Å². The summed E-state index contributed by atoms with van der Waals surface area (Å²) < 4.78 is 6.09. The molecule has 3 unspecified atom stereocenters. The second-order valence-corrected chi connectivity index (χ2v) is 7.80. The fourth-order valence-corrected chi connectivity index (χ4v) is 4.06. The fraction of sp³-hybridized carbons (Fsp3) is 0.550. The first-order chi connectivity index (χ1) is 12.6. The Morgan fingerprint density at radius 2 is 2.12 bits per heavy atom. The Kier molecular flexibility index (Phi) is 4.98. The number of hydrazine groups is 1. The van der Waals surface area contributed by atoms with Crippen molar-refractivity contribution in [2.75, 3.05) is 19.6 Å². The number of carbonyl (C=O) groups excluding carboxylic acids is 1. The van der Waals surface area contributed by atoms with Crippen molar-refractivity contribution < 1.29 is 9.21 Å². The lowest BCUT2D eigenvalue weighted by molar-refractivity contribution is -0.119. The van der Waals surface area contributed by atoms with Gasteiger partial charge in [-0.05, 0) is 32.4 Å². The number of fused-ring (bicyclic) bond motifs is 1. The van der Waals surface area contributed by atoms with Gasteiger partial charge in [0.25, 0.3) is 0 Å². The molecule has 0 spiro atoms. The third kappa shape index (κ3) is 3.63. The highest BCUT2D eigenvalue weighted by atomic mass is 16.3. The molecule has 3 heterocycles. The minimum atomic E-state index is 0.154. The SMILES string of the molecule is CC(C)N(CC1CCC(=O)N1)CC1CNNC1c1cc2ccccc2o1. The topological polar surface area (TPSA) is 69.5 Å². The van der Waals surface area contributed by atoms with Crippen LogP contribution in [0.3, 0.4) is 0 Å². The summed E-state index contributed by atoms with van der Waals surface area (Å²) in [6.07, 6.45) is 1.60. The van der Waals surface area contributed by atoms with Gasteiger partial charge in [-0.15, -0.1) is 0 Å². The van der Waals surface area contributed by atoms with Crippen molar-refractivity contribution in [3.8, 4) is 0 Å². The Morgan fingerprint density at radius 3 is 2.85 bits per heavy atom. The summed E-state index contributed by atoms with van der Waals surface area (Å²) in [5, 5.41) is 4.24. The highest BCUT2D eigenvalue weighted by Crippen LogP contribution is 2.31. The largest absolute Gasteiger partial charge is 0.459 e. The Hall–Kier alpha value is -1.89. The molecule has 2 aliphatic heterocycles. The molecule has 2 fully saturated rings. The number of rotatable bonds is 6. The second kappa shape index (κ2) is 7.39. The number of amides is 1. The first-order valence-electron chi connectivity index (χ1n) is 9.60. The van der Waals surface area contributed by atoms with Gasteiger partial charge in [0, 0.05) is 49.4 Å². The van der Waals surface area contributed by atoms with Crippen molar-refractivity contribution in [2.45, 2.75) is 44.8 Å². The van der Waals surface area contributed by atoms with E-state index in [1.165, 1.54) is 0 Å². The van der Waals surface area contributed by atoms with E-state index in [0.29, 0.717) is 18.4 Å². The quantitative estimate of drug-likeness (QED) is 0.740. The van der Waals surface area contributed by atoms with Crippen molar-refractivity contribution in [1.82, 2.24) is 21.1 Å². The summed E-state index contributed by atoms with van der Waals surface area (Å²) in [7, 11) is 0. The molecule has 1 amide bonds. The summed E-state index contributed by atoms with van der Waals surface area (Å²) in [6.45, 7) is 7.23. The lowest BCUT2D eigenvalue weighted by Crippen LogP contribution is -2.45. The lowest BCUT2D eigenvalue weighted by Gasteiger charge is -2.32. The van der Waals surface area contributed by atoms with E-state index in [0.717, 1.165) is 42.8 Å². The normalized spacial score (nSPS) is 26.3. The molecule has 2 saturated heterocycles. The van der Waals surface area contributed by atoms with Crippen LogP contribution < -0.4 is 16.2 Å². The van der Waals surface area contributed by atoms with Gasteiger partial charge in [-0.1, -0.05) is 18.2 Å². The molecule has 1 aromatic carbocycles. The maximum Gasteiger partial charge on any atom is 0.220 e. The average molecular weight is 356 g/mol. The minimum Gasteiger partial charge on any atom is -0.459 e. The first-order valence-corrected chi connectivity index (χ1v) is 9.60. The number of hydrogen-bond donors (Lipinski definition) is 3. The Bertz CT molecular complexity index is 739. The van der Waals surface area contributed by atoms with E-state index < -0.39 is 0 Å². The average Bonchev–Trinajstić information content (AvgIpc) is 3.33. The smallest absolute Gasteiger partial charge is 0.220 e. The van der Waals surface area contributed by atoms with Crippen LogP contribution in [0.25, 0.3) is 11.0 Å². The van der Waals surface area contributed by atoms with Gasteiger partial charge in [0.15, 0.2) is 0 Å². The van der Waals surface area contributed by atoms with E-state index in [4.69, 9.17) is 4.42 Å². The molecule has 2 aliphatic rings. The van der Waals surface area contributed by atoms with Crippen LogP contribution in [-0.4, -0.2) is 42.5 Å². The van der Waals surface area contributed by atoms with E-state index in [1.54, 1.807) is 0 Å². The molecule has 0 saturated carbocycles. The monoisotopic (exact) mass is 356 g/mol. The van der Waals surface area contributed by atoms with Gasteiger partial charge in [0.1, 0.15) is 11.3 Å². The number of nitrogens with zero attached hydrogens (tertiary/aromatic N) is 1. The second-order valence-electron chi connectivity index (χ2n) is 7.80. The molecule has 26 heavy (non-hydrogen) atoms. The molecule has 0 bridgehead atoms. The van der Waals surface area contributed by atoms with Gasteiger partial charge >= 0.3 is 0 Å². The summed E-state index contributed by atoms with van der Waals surface area (Å²) in [6, 6.07) is 11.1. The molecule has 140 valence electrons. The van der Waals surface area contributed by atoms with Crippen LogP contribution in [-0.2, 0) is 4.79 Å². The fourth-order valence-electron chi connectivity index (χ4n) is 4.06. The summed E-state index contributed by atoms with van der Waals surface area (Å²) in [4.78, 5) is 14.0. The molecule has 4 rings (SSSR count). The van der Waals surface area contributed by atoms with Gasteiger partial charge in [-0.3, -0.25) is 15.1 Å². The highest BCUT2D eigenvalue weighted by Gasteiger charge is 2.34. The minimum absolute atomic E-state index is 0.154. The summed E-state index contributed by atoms with van der Waals surface area (Å²) in [5.74, 6) is 1.58. The van der Waals surface area contributed by atoms with E-state index in [9.17, 15) is 4.79 Å². The zero-order valence-corrected chi connectivity index (χ0v) is 15.5. The van der Waals surface area contributed by atoms with Gasteiger partial charge in [0.05, 0.1) is 6.04 Å². The molecule has 3 atom stereocenters. The molecule has 0 aliphatic carbocycles. The molecule has 6 heteroatoms. The number of benzene rings is 1. The van der Waals surface area contributed by atoms with E-state index in [1.807, 2.05) is 18.2 Å². The standard InChI is InChI=1S/C20H28N4O2/c1-13(2)24(12-16-7-8-19(25)22-16)11-15-10-21-23-20(15)18-9-14-5-3-4-6-17(14)26-18/h3-6,9,13,15-16,20-21,23H,7-8,10-12H2,1-2H3,(H,22,25). The number of para-hydroxylation sites is 1. The summed E-state index contributed by atoms with van der Waals surface area (Å²) in [5.41, 5.74) is 7.63. The number of hydrogen-bond acceptors (Lipinski definition) is 5. The molecule has 1 aromatic heterocycles. The van der Waals surface area contributed by atoms with Crippen molar-refractivity contribution in [2.24, 2.45) is 5.92 Å². The maximum atomic E-state index is 11.5. The Balaban J connectivity index is 1.47. The number of carbonyl (C=O) groups is 1. The molecule has 0 radical (unpaired) electrons. The van der Waals surface area contributed by atoms with Crippen molar-refractivity contribution in [1.29, 1.82) is 0 Å². The molecule has 3 N–H and O–H groups in total. The van der Waals surface area contributed by atoms with Gasteiger partial charge < -0.3 is 9.73 Å². The van der Waals surface area contributed by atoms with Crippen LogP contribution in [0.4, 0.5) is 0 Å². The van der Waals surface area contributed by atoms with Crippen LogP contribution in [0.5, 0.6) is 0 Å². The zero-order chi connectivity index (χ0) is 18.1. The molecular weight excluding hydrogens is 328 g/mol. The molecule has 2 aromatic rings. The maximum absolute atomic E-state index is 11.5. The summed E-state index contributed by atoms with van der Waals surface area (Å²) >= 11 is 0. The van der Waals surface area contributed by atoms with E-state index >= 15 is 0 Å². The van der Waals surface area contributed by atoms with E-state index in [-0.39, 0.29) is 18.0 Å². The van der Waals surface area contributed by atoms with Crippen LogP contribution >= 0.6 is 0 Å². The zero-order valence-electron chi connectivity index (χ0n) is 15.5. The van der Waals surface area contributed by atoms with Crippen molar-refractivity contribution in [3.05, 3.63) is 36.1 Å². The van der Waals surface area contributed by atoms with Crippen molar-refractivity contribution in [3.63, 3.8) is 0 Å². The number of nitrogens with one attached hydrogen (secondary N) is 3. The van der Waals surface area contributed by atoms with Crippen LogP contribution in [0.2, 0.25) is 0 Å². The van der Waals surface area contributed by atoms with Crippen LogP contribution in [0.15, 0.2) is 34.7 Å². The molecular formula is C20H28N4O2. The lowest BCUT2D eigenvalue weighted by atomic mass is 9.98. The third-order valence-electron chi connectivity index (χ3n) is 5.58. The highest BCUT2D eigenvalue weighted by molar-refractivity contribution is 5.78. The Labute approximate surface area is 154 Å². The van der Waals surface area contributed by atoms with Gasteiger partial charge in [0.2, 0.25) is 5.91 Å². The number of furan rings is 1. The first kappa shape index (κ1) is 17.5. The molecule has 6 nitrogen and oxygen atoms in total. The Morgan fingerprint density at radius 1 is 1.27 bits per heavy atom. The van der Waals surface area contributed by atoms with Gasteiger partial charge in [-0.2, -0.15) is 0 Å². The predicted octanol–water partition coefficient (Wildman–Crippen LogP) is 2.19. The predicted molar refractivity (Wildman–Crippen MR) is 101 cm³/mol. The van der Waals surface area contributed by atoms with E-state index in [2.05, 4.69) is 47.0 Å². The third-order valence-corrected chi connectivity index (χ3v) is 5.58. The van der Waals surface area contributed by atoms with Gasteiger partial charge in [-0.25, -0.2) is 5.43 Å². The van der Waals surface area contributed by atoms with Crippen molar-refractivity contribution >= 4 is 16.9 Å².